The van der Waals surface area contributed by atoms with Crippen LogP contribution in [-0.2, 0) is 25.6 Å². The maximum Gasteiger partial charge on any atom is 0.326 e. The predicted octanol–water partition coefficient (Wildman–Crippen LogP) is -0.827. The van der Waals surface area contributed by atoms with Gasteiger partial charge in [0.25, 0.3) is 0 Å². The second kappa shape index (κ2) is 15.8. The van der Waals surface area contributed by atoms with Crippen molar-refractivity contribution in [3.05, 3.63) is 35.4 Å². The van der Waals surface area contributed by atoms with Crippen LogP contribution in [-0.4, -0.2) is 66.3 Å². The number of nitrogens with zero attached hydrogens (tertiary/aromatic N) is 1. The molecular weight excluding hydrogens is 480 g/mol. The molecule has 3 atom stereocenters. The maximum absolute atomic E-state index is 13.1. The summed E-state index contributed by atoms with van der Waals surface area (Å²) >= 11 is 0. The second-order valence-electron chi connectivity index (χ2n) is 8.53. The van der Waals surface area contributed by atoms with Crippen LogP contribution in [0.25, 0.3) is 0 Å². The van der Waals surface area contributed by atoms with E-state index in [-0.39, 0.29) is 37.6 Å². The number of aliphatic imine (C=N–C) groups is 1. The largest absolute Gasteiger partial charge is 0.480 e. The summed E-state index contributed by atoms with van der Waals surface area (Å²) in [6.45, 7) is 2.12. The van der Waals surface area contributed by atoms with Crippen LogP contribution in [0.4, 0.5) is 0 Å². The van der Waals surface area contributed by atoms with E-state index in [1.54, 1.807) is 24.3 Å². The summed E-state index contributed by atoms with van der Waals surface area (Å²) in [5.74, 6) is -4.43. The number of hydrogen-bond donors (Lipinski definition) is 8. The van der Waals surface area contributed by atoms with E-state index >= 15 is 0 Å². The number of nitrogens with one attached hydrogen (secondary N) is 4. The zero-order valence-corrected chi connectivity index (χ0v) is 21.3. The highest BCUT2D eigenvalue weighted by atomic mass is 16.4. The standard InChI is InChI=1S/C24H38N8O5/c1-3-4-6-17(22(35)32-18(23(36)37)7-5-12-30-24(27)28)31-21(34)16(20(33)29-2)13-14-8-10-15(11-9-14)19(25)26/h8-11,16-18H,3-7,12-13H2,1-2H3,(H3,25,26)(H,29,33)(H,31,34)(H,32,35)(H,36,37)(H4,27,28,30)/t16-,17+,18?/m1/s1. The number of carboxylic acids is 1. The third kappa shape index (κ3) is 11.0. The summed E-state index contributed by atoms with van der Waals surface area (Å²) in [6, 6.07) is 4.35. The monoisotopic (exact) mass is 518 g/mol. The van der Waals surface area contributed by atoms with E-state index < -0.39 is 41.7 Å². The molecule has 11 N–H and O–H groups in total. The van der Waals surface area contributed by atoms with Crippen LogP contribution in [0.5, 0.6) is 0 Å². The number of benzene rings is 1. The van der Waals surface area contributed by atoms with Gasteiger partial charge in [0.05, 0.1) is 0 Å². The molecule has 0 spiro atoms. The van der Waals surface area contributed by atoms with Crippen LogP contribution < -0.4 is 33.2 Å². The van der Waals surface area contributed by atoms with Crippen molar-refractivity contribution in [3.8, 4) is 0 Å². The smallest absolute Gasteiger partial charge is 0.326 e. The van der Waals surface area contributed by atoms with Gasteiger partial charge in [0, 0.05) is 19.2 Å². The van der Waals surface area contributed by atoms with E-state index in [1.165, 1.54) is 7.05 Å². The van der Waals surface area contributed by atoms with Gasteiger partial charge in [-0.2, -0.15) is 0 Å². The van der Waals surface area contributed by atoms with Crippen molar-refractivity contribution in [3.63, 3.8) is 0 Å². The van der Waals surface area contributed by atoms with Crippen LogP contribution in [0, 0.1) is 11.3 Å². The lowest BCUT2D eigenvalue weighted by atomic mass is 9.95. The topological polar surface area (TPSA) is 239 Å². The summed E-state index contributed by atoms with van der Waals surface area (Å²) in [4.78, 5) is 54.1. The summed E-state index contributed by atoms with van der Waals surface area (Å²) in [5.41, 5.74) is 17.2. The third-order valence-electron chi connectivity index (χ3n) is 5.62. The van der Waals surface area contributed by atoms with Gasteiger partial charge >= 0.3 is 5.97 Å². The molecule has 0 bridgehead atoms. The molecule has 13 heteroatoms. The zero-order chi connectivity index (χ0) is 28.0. The van der Waals surface area contributed by atoms with Crippen molar-refractivity contribution < 1.29 is 24.3 Å². The van der Waals surface area contributed by atoms with Crippen LogP contribution in [0.1, 0.15) is 50.2 Å². The van der Waals surface area contributed by atoms with Gasteiger partial charge in [-0.15, -0.1) is 0 Å². The molecule has 13 nitrogen and oxygen atoms in total. The summed E-state index contributed by atoms with van der Waals surface area (Å²) in [6.07, 6.45) is 2.06. The fourth-order valence-electron chi connectivity index (χ4n) is 3.52. The van der Waals surface area contributed by atoms with Gasteiger partial charge in [-0.1, -0.05) is 44.0 Å². The molecule has 0 heterocycles. The molecule has 1 aromatic rings. The number of carbonyl (C=O) groups is 4. The molecule has 1 aromatic carbocycles. The highest BCUT2D eigenvalue weighted by Gasteiger charge is 2.31. The average Bonchev–Trinajstić information content (AvgIpc) is 2.85. The fourth-order valence-corrected chi connectivity index (χ4v) is 3.52. The van der Waals surface area contributed by atoms with E-state index in [2.05, 4.69) is 20.9 Å². The Hall–Kier alpha value is -4.16. The lowest BCUT2D eigenvalue weighted by Gasteiger charge is -2.23. The number of unbranched alkanes of at least 4 members (excludes halogenated alkanes) is 1. The Morgan fingerprint density at radius 1 is 0.946 bits per heavy atom. The fraction of sp³-hybridized carbons (Fsp3) is 0.500. The van der Waals surface area contributed by atoms with Gasteiger partial charge in [-0.3, -0.25) is 24.8 Å². The average molecular weight is 519 g/mol. The normalized spacial score (nSPS) is 12.9. The highest BCUT2D eigenvalue weighted by molar-refractivity contribution is 6.02. The first kappa shape index (κ1) is 30.9. The molecule has 0 saturated carbocycles. The minimum Gasteiger partial charge on any atom is -0.480 e. The van der Waals surface area contributed by atoms with E-state index in [9.17, 15) is 24.3 Å². The molecule has 0 aliphatic heterocycles. The quantitative estimate of drug-likeness (QED) is 0.0593. The first-order valence-electron chi connectivity index (χ1n) is 12.0. The number of aliphatic carboxylic acids is 1. The van der Waals surface area contributed by atoms with Crippen LogP contribution in [0.2, 0.25) is 0 Å². The van der Waals surface area contributed by atoms with Crippen molar-refractivity contribution in [2.75, 3.05) is 13.6 Å². The molecule has 0 fully saturated rings. The lowest BCUT2D eigenvalue weighted by Crippen LogP contribution is -2.54. The summed E-state index contributed by atoms with van der Waals surface area (Å²) < 4.78 is 0. The number of nitrogens with two attached hydrogens (primary N) is 3. The number of carboxylic acid groups (broad SMARTS) is 1. The van der Waals surface area contributed by atoms with Crippen molar-refractivity contribution in [1.29, 1.82) is 5.41 Å². The van der Waals surface area contributed by atoms with Crippen LogP contribution in [0.15, 0.2) is 29.3 Å². The second-order valence-corrected chi connectivity index (χ2v) is 8.53. The van der Waals surface area contributed by atoms with E-state index in [4.69, 9.17) is 22.6 Å². The zero-order valence-electron chi connectivity index (χ0n) is 21.3. The number of nitrogen functional groups attached to an aromatic ring is 1. The first-order valence-corrected chi connectivity index (χ1v) is 12.0. The van der Waals surface area contributed by atoms with Gasteiger partial charge < -0.3 is 38.3 Å². The van der Waals surface area contributed by atoms with Crippen molar-refractivity contribution >= 4 is 35.5 Å². The number of amides is 3. The molecular formula is C24H38N8O5. The number of amidine groups is 1. The van der Waals surface area contributed by atoms with E-state index in [1.807, 2.05) is 6.92 Å². The number of guanidine groups is 1. The Kier molecular flexibility index (Phi) is 13.1. The molecule has 1 unspecified atom stereocenters. The van der Waals surface area contributed by atoms with Crippen LogP contribution in [0.3, 0.4) is 0 Å². The van der Waals surface area contributed by atoms with Gasteiger partial charge in [0.2, 0.25) is 17.7 Å². The SMILES string of the molecule is CCCC[C@H](NC(=O)[C@H](Cc1ccc(C(=N)N)cc1)C(=O)NC)C(=O)NC(CCCN=C(N)N)C(=O)O. The minimum atomic E-state index is -1.23. The Bertz CT molecular complexity index is 976. The van der Waals surface area contributed by atoms with Gasteiger partial charge in [0.15, 0.2) is 5.96 Å². The molecule has 0 radical (unpaired) electrons. The van der Waals surface area contributed by atoms with Crippen molar-refractivity contribution in [2.45, 2.75) is 57.5 Å². The summed E-state index contributed by atoms with van der Waals surface area (Å²) in [7, 11) is 1.41. The number of rotatable bonds is 16. The van der Waals surface area contributed by atoms with Gasteiger partial charge in [0.1, 0.15) is 23.8 Å². The molecule has 204 valence electrons. The Balaban J connectivity index is 2.99. The van der Waals surface area contributed by atoms with Crippen molar-refractivity contribution in [2.24, 2.45) is 28.1 Å². The van der Waals surface area contributed by atoms with E-state index in [0.717, 1.165) is 6.42 Å². The Morgan fingerprint density at radius 3 is 2.05 bits per heavy atom. The number of carbonyl (C=O) groups excluding carboxylic acids is 3. The summed E-state index contributed by atoms with van der Waals surface area (Å²) in [5, 5.41) is 24.6. The lowest BCUT2D eigenvalue weighted by molar-refractivity contribution is -0.142. The Labute approximate surface area is 216 Å². The predicted molar refractivity (Wildman–Crippen MR) is 140 cm³/mol. The minimum absolute atomic E-state index is 0.0500. The third-order valence-corrected chi connectivity index (χ3v) is 5.62. The highest BCUT2D eigenvalue weighted by Crippen LogP contribution is 2.13. The van der Waals surface area contributed by atoms with Crippen LogP contribution >= 0.6 is 0 Å². The number of hydrogen-bond acceptors (Lipinski definition) is 6. The van der Waals surface area contributed by atoms with Gasteiger partial charge in [-0.05, 0) is 31.2 Å². The molecule has 1 rings (SSSR count). The molecule has 0 aromatic heterocycles. The van der Waals surface area contributed by atoms with Gasteiger partial charge in [-0.25, -0.2) is 4.79 Å². The molecule has 0 aliphatic carbocycles. The molecule has 3 amide bonds. The van der Waals surface area contributed by atoms with E-state index in [0.29, 0.717) is 24.0 Å². The van der Waals surface area contributed by atoms with Crippen molar-refractivity contribution in [1.82, 2.24) is 16.0 Å². The molecule has 0 saturated heterocycles. The maximum atomic E-state index is 13.1. The molecule has 37 heavy (non-hydrogen) atoms. The first-order chi connectivity index (χ1) is 17.5. The molecule has 0 aliphatic rings. The Morgan fingerprint density at radius 2 is 1.54 bits per heavy atom.